The fourth-order valence-corrected chi connectivity index (χ4v) is 4.07. The predicted octanol–water partition coefficient (Wildman–Crippen LogP) is 2.64. The van der Waals surface area contributed by atoms with Crippen LogP contribution < -0.4 is 10.6 Å². The molecule has 0 aliphatic carbocycles. The smallest absolute Gasteiger partial charge is 0.220 e. The van der Waals surface area contributed by atoms with E-state index in [9.17, 15) is 4.79 Å². The molecular formula is C19H37N3O. The highest BCUT2D eigenvalue weighted by Gasteiger charge is 2.21. The third-order valence-corrected chi connectivity index (χ3v) is 5.61. The summed E-state index contributed by atoms with van der Waals surface area (Å²) >= 11 is 0. The highest BCUT2D eigenvalue weighted by molar-refractivity contribution is 5.76. The van der Waals surface area contributed by atoms with Gasteiger partial charge >= 0.3 is 0 Å². The zero-order valence-corrected chi connectivity index (χ0v) is 15.3. The van der Waals surface area contributed by atoms with Gasteiger partial charge in [-0.1, -0.05) is 13.8 Å². The van der Waals surface area contributed by atoms with Gasteiger partial charge in [0.25, 0.3) is 0 Å². The second-order valence-corrected chi connectivity index (χ2v) is 7.89. The molecule has 0 radical (unpaired) electrons. The van der Waals surface area contributed by atoms with Crippen molar-refractivity contribution in [2.45, 2.75) is 58.8 Å². The van der Waals surface area contributed by atoms with Gasteiger partial charge in [-0.05, 0) is 82.5 Å². The van der Waals surface area contributed by atoms with E-state index < -0.39 is 0 Å². The standard InChI is InChI=1S/C19H37N3O/c1-16-7-6-12-22(15-16)11-4-3-10-21-19(23)13-17(2)18-8-5-9-20-14-18/h16-18,20H,3-15H2,1-2H3,(H,21,23). The number of carbonyl (C=O) groups excluding carboxylic acids is 1. The lowest BCUT2D eigenvalue weighted by Gasteiger charge is -2.30. The summed E-state index contributed by atoms with van der Waals surface area (Å²) in [6, 6.07) is 0. The molecule has 1 amide bonds. The number of nitrogens with one attached hydrogen (secondary N) is 2. The molecule has 2 rings (SSSR count). The molecule has 3 atom stereocenters. The third kappa shape index (κ3) is 7.21. The number of hydrogen-bond acceptors (Lipinski definition) is 3. The maximum atomic E-state index is 12.1. The fraction of sp³-hybridized carbons (Fsp3) is 0.947. The minimum absolute atomic E-state index is 0.245. The van der Waals surface area contributed by atoms with Gasteiger partial charge in [0.05, 0.1) is 0 Å². The van der Waals surface area contributed by atoms with Crippen LogP contribution in [0.15, 0.2) is 0 Å². The molecule has 0 aromatic rings. The van der Waals surface area contributed by atoms with Gasteiger partial charge < -0.3 is 15.5 Å². The van der Waals surface area contributed by atoms with Crippen molar-refractivity contribution in [1.82, 2.24) is 15.5 Å². The summed E-state index contributed by atoms with van der Waals surface area (Å²) in [7, 11) is 0. The summed E-state index contributed by atoms with van der Waals surface area (Å²) in [6.45, 7) is 11.4. The Labute approximate surface area is 142 Å². The molecule has 2 heterocycles. The average Bonchev–Trinajstić information content (AvgIpc) is 2.55. The van der Waals surface area contributed by atoms with E-state index in [4.69, 9.17) is 0 Å². The van der Waals surface area contributed by atoms with Crippen molar-refractivity contribution in [2.75, 3.05) is 39.3 Å². The van der Waals surface area contributed by atoms with Crippen molar-refractivity contribution in [3.8, 4) is 0 Å². The minimum atomic E-state index is 0.245. The Balaban J connectivity index is 1.49. The van der Waals surface area contributed by atoms with Gasteiger partial charge in [-0.2, -0.15) is 0 Å². The van der Waals surface area contributed by atoms with E-state index in [0.717, 1.165) is 32.0 Å². The lowest BCUT2D eigenvalue weighted by atomic mass is 9.85. The molecular weight excluding hydrogens is 286 g/mol. The van der Waals surface area contributed by atoms with Crippen molar-refractivity contribution in [3.63, 3.8) is 0 Å². The summed E-state index contributed by atoms with van der Waals surface area (Å²) in [5.41, 5.74) is 0. The minimum Gasteiger partial charge on any atom is -0.356 e. The van der Waals surface area contributed by atoms with Crippen LogP contribution in [-0.4, -0.2) is 50.1 Å². The Kier molecular flexibility index (Phi) is 8.38. The summed E-state index contributed by atoms with van der Waals surface area (Å²) < 4.78 is 0. The molecule has 2 fully saturated rings. The van der Waals surface area contributed by atoms with Crippen molar-refractivity contribution in [1.29, 1.82) is 0 Å². The maximum absolute atomic E-state index is 12.1. The zero-order chi connectivity index (χ0) is 16.5. The third-order valence-electron chi connectivity index (χ3n) is 5.61. The van der Waals surface area contributed by atoms with E-state index in [1.54, 1.807) is 0 Å². The molecule has 0 aromatic heterocycles. The lowest BCUT2D eigenvalue weighted by Crippen LogP contribution is -2.36. The molecule has 0 spiro atoms. The molecule has 2 aliphatic rings. The number of likely N-dealkylation sites (tertiary alicyclic amines) is 1. The van der Waals surface area contributed by atoms with E-state index in [2.05, 4.69) is 29.4 Å². The molecule has 0 saturated carbocycles. The van der Waals surface area contributed by atoms with Gasteiger partial charge in [-0.25, -0.2) is 0 Å². The van der Waals surface area contributed by atoms with Crippen LogP contribution in [0.4, 0.5) is 0 Å². The summed E-state index contributed by atoms with van der Waals surface area (Å²) in [5.74, 6) is 2.28. The van der Waals surface area contributed by atoms with Crippen LogP contribution in [0, 0.1) is 17.8 Å². The van der Waals surface area contributed by atoms with E-state index in [-0.39, 0.29) is 5.91 Å². The number of nitrogens with zero attached hydrogens (tertiary/aromatic N) is 1. The normalized spacial score (nSPS) is 27.6. The highest BCUT2D eigenvalue weighted by Crippen LogP contribution is 2.22. The van der Waals surface area contributed by atoms with E-state index >= 15 is 0 Å². The first-order valence-electron chi connectivity index (χ1n) is 9.85. The Hall–Kier alpha value is -0.610. The van der Waals surface area contributed by atoms with Crippen LogP contribution in [0.5, 0.6) is 0 Å². The monoisotopic (exact) mass is 323 g/mol. The average molecular weight is 324 g/mol. The maximum Gasteiger partial charge on any atom is 0.220 e. The fourth-order valence-electron chi connectivity index (χ4n) is 4.07. The number of hydrogen-bond donors (Lipinski definition) is 2. The Morgan fingerprint density at radius 3 is 2.91 bits per heavy atom. The predicted molar refractivity (Wildman–Crippen MR) is 96.5 cm³/mol. The number of unbranched alkanes of at least 4 members (excludes halogenated alkanes) is 1. The molecule has 0 aromatic carbocycles. The lowest BCUT2D eigenvalue weighted by molar-refractivity contribution is -0.122. The van der Waals surface area contributed by atoms with E-state index in [0.29, 0.717) is 18.3 Å². The molecule has 3 unspecified atom stereocenters. The van der Waals surface area contributed by atoms with Gasteiger partial charge in [-0.3, -0.25) is 4.79 Å². The van der Waals surface area contributed by atoms with Crippen LogP contribution in [0.2, 0.25) is 0 Å². The van der Waals surface area contributed by atoms with E-state index in [1.165, 1.54) is 51.7 Å². The number of carbonyl (C=O) groups is 1. The summed E-state index contributed by atoms with van der Waals surface area (Å²) in [4.78, 5) is 14.7. The quantitative estimate of drug-likeness (QED) is 0.675. The van der Waals surface area contributed by atoms with Crippen molar-refractivity contribution in [2.24, 2.45) is 17.8 Å². The van der Waals surface area contributed by atoms with Gasteiger partial charge in [-0.15, -0.1) is 0 Å². The van der Waals surface area contributed by atoms with Gasteiger partial charge in [0.1, 0.15) is 0 Å². The molecule has 2 N–H and O–H groups in total. The van der Waals surface area contributed by atoms with Crippen molar-refractivity contribution >= 4 is 5.91 Å². The number of piperidine rings is 2. The first kappa shape index (κ1) is 18.7. The van der Waals surface area contributed by atoms with Crippen LogP contribution in [0.25, 0.3) is 0 Å². The van der Waals surface area contributed by atoms with Gasteiger partial charge in [0.2, 0.25) is 5.91 Å². The molecule has 23 heavy (non-hydrogen) atoms. The van der Waals surface area contributed by atoms with E-state index in [1.807, 2.05) is 0 Å². The number of rotatable bonds is 8. The Bertz CT molecular complexity index is 342. The van der Waals surface area contributed by atoms with Crippen LogP contribution in [0.3, 0.4) is 0 Å². The van der Waals surface area contributed by atoms with Gasteiger partial charge in [0.15, 0.2) is 0 Å². The van der Waals surface area contributed by atoms with Crippen LogP contribution in [-0.2, 0) is 4.79 Å². The van der Waals surface area contributed by atoms with Crippen LogP contribution in [0.1, 0.15) is 58.8 Å². The highest BCUT2D eigenvalue weighted by atomic mass is 16.1. The second kappa shape index (κ2) is 10.3. The molecule has 4 nitrogen and oxygen atoms in total. The largest absolute Gasteiger partial charge is 0.356 e. The topological polar surface area (TPSA) is 44.4 Å². The van der Waals surface area contributed by atoms with Crippen LogP contribution >= 0.6 is 0 Å². The zero-order valence-electron chi connectivity index (χ0n) is 15.3. The summed E-state index contributed by atoms with van der Waals surface area (Å²) in [5, 5.41) is 6.57. The Morgan fingerprint density at radius 1 is 1.30 bits per heavy atom. The first-order chi connectivity index (χ1) is 11.1. The first-order valence-corrected chi connectivity index (χ1v) is 9.85. The van der Waals surface area contributed by atoms with Gasteiger partial charge in [0, 0.05) is 19.5 Å². The molecule has 2 saturated heterocycles. The SMILES string of the molecule is CC1CCCN(CCCCNC(=O)CC(C)C2CCCNC2)C1. The number of amides is 1. The van der Waals surface area contributed by atoms with Crippen molar-refractivity contribution in [3.05, 3.63) is 0 Å². The molecule has 4 heteroatoms. The van der Waals surface area contributed by atoms with Crippen molar-refractivity contribution < 1.29 is 4.79 Å². The summed E-state index contributed by atoms with van der Waals surface area (Å²) in [6.07, 6.45) is 8.27. The molecule has 134 valence electrons. The Morgan fingerprint density at radius 2 is 2.17 bits per heavy atom. The molecule has 0 bridgehead atoms. The molecule has 2 aliphatic heterocycles. The second-order valence-electron chi connectivity index (χ2n) is 7.89.